The van der Waals surface area contributed by atoms with Crippen LogP contribution in [0.25, 0.3) is 0 Å². The fraction of sp³-hybridized carbons (Fsp3) is 0.857. The average Bonchev–Trinajstić information content (AvgIpc) is 2.53. The van der Waals surface area contributed by atoms with Crippen molar-refractivity contribution in [3.05, 3.63) is 5.82 Å². The maximum Gasteiger partial charge on any atom is 0.191 e. The van der Waals surface area contributed by atoms with Gasteiger partial charge in [-0.25, -0.2) is 0 Å². The molecule has 2 rings (SSSR count). The molecule has 1 aliphatic rings. The molecule has 0 saturated heterocycles. The summed E-state index contributed by atoms with van der Waals surface area (Å²) in [6.45, 7) is 9.87. The van der Waals surface area contributed by atoms with E-state index < -0.39 is 0 Å². The molecule has 0 saturated carbocycles. The van der Waals surface area contributed by atoms with E-state index >= 15 is 0 Å². The third kappa shape index (κ3) is 3.51. The number of hydrogen-bond donors (Lipinski definition) is 1. The van der Waals surface area contributed by atoms with Crippen molar-refractivity contribution in [2.75, 3.05) is 0 Å². The van der Waals surface area contributed by atoms with Crippen molar-refractivity contribution in [2.24, 2.45) is 11.1 Å². The predicted octanol–water partition coefficient (Wildman–Crippen LogP) is 2.86. The molecule has 0 amide bonds. The lowest BCUT2D eigenvalue weighted by Gasteiger charge is -2.32. The van der Waals surface area contributed by atoms with Crippen molar-refractivity contribution in [1.29, 1.82) is 0 Å². The van der Waals surface area contributed by atoms with Gasteiger partial charge in [0.05, 0.1) is 0 Å². The monoisotopic (exact) mass is 282 g/mol. The normalized spacial score (nSPS) is 19.6. The minimum Gasteiger partial charge on any atom is -0.327 e. The van der Waals surface area contributed by atoms with Crippen LogP contribution in [0.5, 0.6) is 0 Å². The van der Waals surface area contributed by atoms with E-state index in [-0.39, 0.29) is 11.5 Å². The van der Waals surface area contributed by atoms with Crippen LogP contribution in [0.4, 0.5) is 0 Å². The van der Waals surface area contributed by atoms with Crippen LogP contribution in [0.15, 0.2) is 5.16 Å². The highest BCUT2D eigenvalue weighted by atomic mass is 32.2. The zero-order valence-electron chi connectivity index (χ0n) is 12.5. The van der Waals surface area contributed by atoms with E-state index in [9.17, 15) is 0 Å². The van der Waals surface area contributed by atoms with Gasteiger partial charge in [-0.05, 0) is 25.2 Å². The molecule has 0 aromatic carbocycles. The summed E-state index contributed by atoms with van der Waals surface area (Å²) in [5.74, 6) is 1.15. The van der Waals surface area contributed by atoms with Crippen molar-refractivity contribution < 1.29 is 0 Å². The van der Waals surface area contributed by atoms with E-state index in [4.69, 9.17) is 5.73 Å². The highest BCUT2D eigenvalue weighted by Gasteiger charge is 2.31. The topological polar surface area (TPSA) is 56.7 Å². The molecule has 5 heteroatoms. The molecule has 2 heterocycles. The number of hydrogen-bond acceptors (Lipinski definition) is 4. The van der Waals surface area contributed by atoms with Crippen molar-refractivity contribution >= 4 is 11.8 Å². The standard InChI is InChI=1S/C14H26N4S/c1-10(15)12(14(2,3)4)19-13-17-16-11-8-6-5-7-9-18(11)13/h10,12H,5-9,15H2,1-4H3. The van der Waals surface area contributed by atoms with Crippen molar-refractivity contribution in [3.8, 4) is 0 Å². The molecule has 108 valence electrons. The zero-order valence-corrected chi connectivity index (χ0v) is 13.3. The molecule has 2 N–H and O–H groups in total. The van der Waals surface area contributed by atoms with Gasteiger partial charge in [-0.2, -0.15) is 0 Å². The highest BCUT2D eigenvalue weighted by molar-refractivity contribution is 7.99. The Hall–Kier alpha value is -0.550. The van der Waals surface area contributed by atoms with Crippen molar-refractivity contribution in [1.82, 2.24) is 14.8 Å². The van der Waals surface area contributed by atoms with E-state index in [2.05, 4.69) is 42.5 Å². The molecule has 1 aromatic rings. The Bertz CT molecular complexity index is 420. The second-order valence-corrected chi connectivity index (χ2v) is 7.73. The van der Waals surface area contributed by atoms with E-state index in [1.165, 1.54) is 19.3 Å². The largest absolute Gasteiger partial charge is 0.327 e. The van der Waals surface area contributed by atoms with Crippen LogP contribution < -0.4 is 5.73 Å². The fourth-order valence-corrected chi connectivity index (χ4v) is 3.94. The van der Waals surface area contributed by atoms with Gasteiger partial charge in [0.25, 0.3) is 0 Å². The quantitative estimate of drug-likeness (QED) is 0.866. The summed E-state index contributed by atoms with van der Waals surface area (Å²) in [5.41, 5.74) is 6.33. The first-order chi connectivity index (χ1) is 8.89. The highest BCUT2D eigenvalue weighted by Crippen LogP contribution is 2.36. The number of nitrogens with zero attached hydrogens (tertiary/aromatic N) is 3. The number of rotatable bonds is 3. The van der Waals surface area contributed by atoms with Gasteiger partial charge >= 0.3 is 0 Å². The molecule has 19 heavy (non-hydrogen) atoms. The molecule has 0 bridgehead atoms. The molecular weight excluding hydrogens is 256 g/mol. The number of nitrogens with two attached hydrogens (primary N) is 1. The number of thioether (sulfide) groups is 1. The van der Waals surface area contributed by atoms with E-state index in [1.54, 1.807) is 11.8 Å². The number of aryl methyl sites for hydroxylation is 1. The third-order valence-corrected chi connectivity index (χ3v) is 5.54. The van der Waals surface area contributed by atoms with Crippen LogP contribution in [0.2, 0.25) is 0 Å². The molecule has 0 spiro atoms. The molecule has 1 aliphatic heterocycles. The van der Waals surface area contributed by atoms with Gasteiger partial charge in [-0.15, -0.1) is 10.2 Å². The van der Waals surface area contributed by atoms with Crippen molar-refractivity contribution in [3.63, 3.8) is 0 Å². The molecule has 0 radical (unpaired) electrons. The Balaban J connectivity index is 2.20. The Morgan fingerprint density at radius 1 is 1.21 bits per heavy atom. The summed E-state index contributed by atoms with van der Waals surface area (Å²) < 4.78 is 2.30. The molecule has 0 fully saturated rings. The first kappa shape index (κ1) is 14.9. The lowest BCUT2D eigenvalue weighted by Crippen LogP contribution is -2.39. The van der Waals surface area contributed by atoms with Crippen LogP contribution in [0.3, 0.4) is 0 Å². The van der Waals surface area contributed by atoms with Crippen molar-refractivity contribution in [2.45, 2.75) is 76.4 Å². The summed E-state index contributed by atoms with van der Waals surface area (Å²) in [7, 11) is 0. The maximum absolute atomic E-state index is 6.17. The van der Waals surface area contributed by atoms with Crippen LogP contribution in [-0.2, 0) is 13.0 Å². The van der Waals surface area contributed by atoms with E-state index in [0.717, 1.165) is 23.9 Å². The Labute approximate surface area is 120 Å². The van der Waals surface area contributed by atoms with Gasteiger partial charge in [0.1, 0.15) is 5.82 Å². The Morgan fingerprint density at radius 2 is 1.95 bits per heavy atom. The first-order valence-corrected chi connectivity index (χ1v) is 8.12. The van der Waals surface area contributed by atoms with E-state index in [1.807, 2.05) is 0 Å². The number of aromatic nitrogens is 3. The second kappa shape index (κ2) is 5.83. The van der Waals surface area contributed by atoms with Gasteiger partial charge in [0, 0.05) is 24.3 Å². The lowest BCUT2D eigenvalue weighted by atomic mass is 9.88. The molecule has 0 aliphatic carbocycles. The fourth-order valence-electron chi connectivity index (χ4n) is 2.73. The molecular formula is C14H26N4S. The lowest BCUT2D eigenvalue weighted by molar-refractivity contribution is 0.362. The van der Waals surface area contributed by atoms with Crippen LogP contribution in [0, 0.1) is 5.41 Å². The molecule has 4 nitrogen and oxygen atoms in total. The molecule has 2 unspecified atom stereocenters. The summed E-state index contributed by atoms with van der Waals surface area (Å²) in [5, 5.41) is 10.2. The van der Waals surface area contributed by atoms with Crippen LogP contribution in [-0.4, -0.2) is 26.1 Å². The summed E-state index contributed by atoms with van der Waals surface area (Å²) in [4.78, 5) is 0. The minimum atomic E-state index is 0.142. The Kier molecular flexibility index (Phi) is 4.56. The van der Waals surface area contributed by atoms with Crippen LogP contribution >= 0.6 is 11.8 Å². The smallest absolute Gasteiger partial charge is 0.191 e. The second-order valence-electron chi connectivity index (χ2n) is 6.62. The Morgan fingerprint density at radius 3 is 2.58 bits per heavy atom. The van der Waals surface area contributed by atoms with E-state index in [0.29, 0.717) is 5.25 Å². The van der Waals surface area contributed by atoms with Gasteiger partial charge in [0.15, 0.2) is 5.16 Å². The van der Waals surface area contributed by atoms with Gasteiger partial charge < -0.3 is 10.3 Å². The maximum atomic E-state index is 6.17. The summed E-state index contributed by atoms with van der Waals surface area (Å²) in [6.07, 6.45) is 4.82. The predicted molar refractivity (Wildman–Crippen MR) is 80.3 cm³/mol. The third-order valence-electron chi connectivity index (χ3n) is 3.64. The zero-order chi connectivity index (χ0) is 14.0. The van der Waals surface area contributed by atoms with Gasteiger partial charge in [-0.1, -0.05) is 39.0 Å². The minimum absolute atomic E-state index is 0.142. The summed E-state index contributed by atoms with van der Waals surface area (Å²) in [6, 6.07) is 0.142. The van der Waals surface area contributed by atoms with Gasteiger partial charge in [-0.3, -0.25) is 0 Å². The summed E-state index contributed by atoms with van der Waals surface area (Å²) >= 11 is 1.80. The SMILES string of the molecule is CC(N)C(Sc1nnc2n1CCCCC2)C(C)(C)C. The first-order valence-electron chi connectivity index (χ1n) is 7.24. The van der Waals surface area contributed by atoms with Gasteiger partial charge in [0.2, 0.25) is 0 Å². The van der Waals surface area contributed by atoms with Crippen LogP contribution in [0.1, 0.15) is 52.8 Å². The number of fused-ring (bicyclic) bond motifs is 1. The average molecular weight is 282 g/mol. The molecule has 2 atom stereocenters. The molecule has 1 aromatic heterocycles.